The maximum Gasteiger partial charge on any atom is 0.334 e. The van der Waals surface area contributed by atoms with E-state index in [2.05, 4.69) is 6.92 Å². The number of phenolic OH excluding ortho intramolecular Hbond substituents is 1. The van der Waals surface area contributed by atoms with Gasteiger partial charge in [-0.1, -0.05) is 39.8 Å². The van der Waals surface area contributed by atoms with Gasteiger partial charge in [0, 0.05) is 18.4 Å². The quantitative estimate of drug-likeness (QED) is 0.409. The maximum atomic E-state index is 13.0. The second-order valence-corrected chi connectivity index (χ2v) is 12.7. The molecule has 1 spiro atoms. The van der Waals surface area contributed by atoms with E-state index in [1.165, 1.54) is 0 Å². The molecule has 2 saturated heterocycles. The van der Waals surface area contributed by atoms with Crippen molar-refractivity contribution < 1.29 is 48.6 Å². The molecule has 0 saturated carbocycles. The van der Waals surface area contributed by atoms with E-state index >= 15 is 0 Å². The fourth-order valence-corrected chi connectivity index (χ4v) is 6.59. The smallest absolute Gasteiger partial charge is 0.334 e. The zero-order valence-electron chi connectivity index (χ0n) is 24.8. The Hall–Kier alpha value is -2.66. The number of rotatable bonds is 7. The molecule has 1 aromatic carbocycles. The number of benzene rings is 1. The summed E-state index contributed by atoms with van der Waals surface area (Å²) < 4.78 is 30.3. The van der Waals surface area contributed by atoms with E-state index in [4.69, 9.17) is 23.7 Å². The molecule has 3 N–H and O–H groups in total. The number of aromatic hydroxyl groups is 1. The first kappa shape index (κ1) is 31.3. The van der Waals surface area contributed by atoms with Crippen molar-refractivity contribution in [3.05, 3.63) is 41.7 Å². The fourth-order valence-electron chi connectivity index (χ4n) is 6.59. The van der Waals surface area contributed by atoms with Crippen LogP contribution in [0.15, 0.2) is 36.1 Å². The first-order valence-corrected chi connectivity index (χ1v) is 14.3. The molecule has 8 unspecified atom stereocenters. The first-order valence-electron chi connectivity index (χ1n) is 14.3. The lowest BCUT2D eigenvalue weighted by Crippen LogP contribution is -2.65. The lowest BCUT2D eigenvalue weighted by atomic mass is 9.66. The van der Waals surface area contributed by atoms with E-state index in [0.29, 0.717) is 12.8 Å². The number of hydrogen-bond donors (Lipinski definition) is 3. The third-order valence-electron chi connectivity index (χ3n) is 8.91. The highest BCUT2D eigenvalue weighted by Crippen LogP contribution is 2.56. The molecule has 10 nitrogen and oxygen atoms in total. The van der Waals surface area contributed by atoms with Crippen LogP contribution in [0, 0.1) is 17.3 Å². The average molecular weight is 577 g/mol. The Balaban J connectivity index is 1.67. The zero-order valence-corrected chi connectivity index (χ0v) is 24.8. The number of carbonyl (C=O) groups is 2. The lowest BCUT2D eigenvalue weighted by Gasteiger charge is -2.59. The second kappa shape index (κ2) is 11.9. The molecular formula is C31H44O10. The minimum atomic E-state index is -1.49. The fraction of sp³-hybridized carbons (Fsp3) is 0.677. The van der Waals surface area contributed by atoms with Crippen molar-refractivity contribution in [2.24, 2.45) is 17.3 Å². The van der Waals surface area contributed by atoms with Gasteiger partial charge >= 0.3 is 11.9 Å². The third kappa shape index (κ3) is 6.56. The summed E-state index contributed by atoms with van der Waals surface area (Å²) in [5.41, 5.74) is -1.36. The van der Waals surface area contributed by atoms with Gasteiger partial charge in [-0.2, -0.15) is 0 Å². The highest BCUT2D eigenvalue weighted by molar-refractivity contribution is 5.83. The van der Waals surface area contributed by atoms with Crippen LogP contribution in [0.25, 0.3) is 0 Å². The van der Waals surface area contributed by atoms with Crippen LogP contribution in [0.3, 0.4) is 0 Å². The standard InChI is InChI=1S/C31H44O10/c1-18(10-11-23(37-6)20-8-7-9-21(33)12-20)28-19(2)24-15-31(41-28)29(3,4)17-30(5,36)25(40-31)14-27(35)38-22(16-32)13-26(34)39-24/h7-9,12,14,18-19,22-24,28,32-33,36H,10-11,13,15-17H2,1-6H3/b25-14-. The number of aliphatic hydroxyl groups excluding tert-OH is 1. The zero-order chi connectivity index (χ0) is 30.2. The predicted octanol–water partition coefficient (Wildman–Crippen LogP) is 3.92. The molecule has 0 aromatic heterocycles. The Morgan fingerprint density at radius 3 is 2.54 bits per heavy atom. The number of fused-ring (bicyclic) bond motifs is 2. The number of ether oxygens (including phenoxy) is 5. The van der Waals surface area contributed by atoms with Crippen molar-refractivity contribution in [3.8, 4) is 5.75 Å². The van der Waals surface area contributed by atoms with E-state index in [-0.39, 0.29) is 48.7 Å². The van der Waals surface area contributed by atoms with Gasteiger partial charge in [0.15, 0.2) is 0 Å². The van der Waals surface area contributed by atoms with Gasteiger partial charge in [0.05, 0.1) is 37.7 Å². The van der Waals surface area contributed by atoms with Crippen LogP contribution in [0.4, 0.5) is 0 Å². The van der Waals surface area contributed by atoms with Crippen LogP contribution in [-0.4, -0.2) is 70.7 Å². The van der Waals surface area contributed by atoms with E-state index in [1.807, 2.05) is 26.8 Å². The van der Waals surface area contributed by atoms with Crippen molar-refractivity contribution in [2.45, 2.75) is 103 Å². The molecule has 4 rings (SSSR count). The molecular weight excluding hydrogens is 532 g/mol. The minimum Gasteiger partial charge on any atom is -0.508 e. The summed E-state index contributed by atoms with van der Waals surface area (Å²) in [6.45, 7) is 8.94. The van der Waals surface area contributed by atoms with E-state index in [9.17, 15) is 24.9 Å². The van der Waals surface area contributed by atoms with Gasteiger partial charge in [-0.15, -0.1) is 0 Å². The average Bonchev–Trinajstić information content (AvgIpc) is 2.88. The highest BCUT2D eigenvalue weighted by Gasteiger charge is 2.63. The normalized spacial score (nSPS) is 36.2. The molecule has 8 atom stereocenters. The molecule has 228 valence electrons. The monoisotopic (exact) mass is 576 g/mol. The Morgan fingerprint density at radius 1 is 1.15 bits per heavy atom. The minimum absolute atomic E-state index is 0.00783. The van der Waals surface area contributed by atoms with Crippen LogP contribution in [0.2, 0.25) is 0 Å². The first-order chi connectivity index (χ1) is 19.2. The van der Waals surface area contributed by atoms with Crippen LogP contribution < -0.4 is 0 Å². The van der Waals surface area contributed by atoms with Crippen molar-refractivity contribution in [1.29, 1.82) is 0 Å². The van der Waals surface area contributed by atoms with Gasteiger partial charge in [-0.3, -0.25) is 4.79 Å². The molecule has 41 heavy (non-hydrogen) atoms. The summed E-state index contributed by atoms with van der Waals surface area (Å²) in [7, 11) is 1.64. The number of aliphatic hydroxyl groups is 2. The highest BCUT2D eigenvalue weighted by atomic mass is 16.7. The summed E-state index contributed by atoms with van der Waals surface area (Å²) in [6.07, 6.45) is 0.212. The van der Waals surface area contributed by atoms with E-state index < -0.39 is 53.7 Å². The van der Waals surface area contributed by atoms with Gasteiger partial charge in [0.2, 0.25) is 5.79 Å². The Labute approximate surface area is 241 Å². The topological polar surface area (TPSA) is 141 Å². The van der Waals surface area contributed by atoms with Gasteiger partial charge in [-0.05, 0) is 49.8 Å². The molecule has 1 aromatic rings. The summed E-state index contributed by atoms with van der Waals surface area (Å²) in [4.78, 5) is 25.7. The van der Waals surface area contributed by atoms with E-state index in [1.54, 1.807) is 32.2 Å². The van der Waals surface area contributed by atoms with Crippen LogP contribution in [0.1, 0.15) is 78.4 Å². The van der Waals surface area contributed by atoms with Gasteiger partial charge < -0.3 is 39.0 Å². The number of cyclic esters (lactones) is 1. The predicted molar refractivity (Wildman–Crippen MR) is 147 cm³/mol. The summed E-state index contributed by atoms with van der Waals surface area (Å²) in [6, 6.07) is 7.00. The molecule has 0 amide bonds. The molecule has 10 heteroatoms. The number of carbonyl (C=O) groups excluding carboxylic acids is 2. The van der Waals surface area contributed by atoms with Crippen LogP contribution >= 0.6 is 0 Å². The Bertz CT molecular complexity index is 1140. The molecule has 3 bridgehead atoms. The van der Waals surface area contributed by atoms with Gasteiger partial charge in [-0.25, -0.2) is 4.79 Å². The number of hydrogen-bond acceptors (Lipinski definition) is 10. The molecule has 3 aliphatic rings. The van der Waals surface area contributed by atoms with Crippen LogP contribution in [-0.2, 0) is 33.3 Å². The van der Waals surface area contributed by atoms with Crippen molar-refractivity contribution >= 4 is 11.9 Å². The van der Waals surface area contributed by atoms with Crippen LogP contribution in [0.5, 0.6) is 5.75 Å². The van der Waals surface area contributed by atoms with Crippen molar-refractivity contribution in [2.75, 3.05) is 13.7 Å². The van der Waals surface area contributed by atoms with E-state index in [0.717, 1.165) is 11.6 Å². The van der Waals surface area contributed by atoms with Gasteiger partial charge in [0.25, 0.3) is 0 Å². The Kier molecular flexibility index (Phi) is 9.09. The number of phenols is 1. The summed E-state index contributed by atoms with van der Waals surface area (Å²) >= 11 is 0. The Morgan fingerprint density at radius 2 is 1.88 bits per heavy atom. The number of esters is 2. The molecule has 0 aliphatic carbocycles. The summed E-state index contributed by atoms with van der Waals surface area (Å²) in [5, 5.41) is 31.0. The molecule has 3 aliphatic heterocycles. The second-order valence-electron chi connectivity index (χ2n) is 12.7. The van der Waals surface area contributed by atoms with Crippen molar-refractivity contribution in [3.63, 3.8) is 0 Å². The molecule has 2 fully saturated rings. The largest absolute Gasteiger partial charge is 0.508 e. The molecule has 0 radical (unpaired) electrons. The SMILES string of the molecule is COC(CCC(C)C1OC23CC(OC(=O)CC(CO)OC(=O)/C=C(\O2)C(C)(O)CC3(C)C)C1C)c1cccc(O)c1. The molecule has 3 heterocycles. The lowest BCUT2D eigenvalue weighted by molar-refractivity contribution is -0.371. The number of methoxy groups -OCH3 is 1. The summed E-state index contributed by atoms with van der Waals surface area (Å²) in [5.74, 6) is -2.81. The maximum absolute atomic E-state index is 13.0. The third-order valence-corrected chi connectivity index (χ3v) is 8.91. The van der Waals surface area contributed by atoms with Crippen molar-refractivity contribution in [1.82, 2.24) is 0 Å². The van der Waals surface area contributed by atoms with Gasteiger partial charge in [0.1, 0.15) is 29.3 Å².